The SMILES string of the molecule is C=CC(=O)Nc1ccc(Br)c([N+](=O)[O-])c1. The lowest BCUT2D eigenvalue weighted by atomic mass is 10.3. The molecule has 0 aliphatic heterocycles. The molecule has 0 saturated heterocycles. The number of anilines is 1. The normalized spacial score (nSPS) is 9.40. The van der Waals surface area contributed by atoms with E-state index in [2.05, 4.69) is 27.8 Å². The molecule has 1 aromatic carbocycles. The summed E-state index contributed by atoms with van der Waals surface area (Å²) in [4.78, 5) is 21.0. The standard InChI is InChI=1S/C9H7BrN2O3/c1-2-9(13)11-6-3-4-7(10)8(5-6)12(14)15/h2-5H,1H2,(H,11,13). The van der Waals surface area contributed by atoms with Crippen LogP contribution in [0.25, 0.3) is 0 Å². The summed E-state index contributed by atoms with van der Waals surface area (Å²) in [6.07, 6.45) is 1.09. The van der Waals surface area contributed by atoms with Gasteiger partial charge < -0.3 is 5.32 Å². The van der Waals surface area contributed by atoms with Gasteiger partial charge in [0.25, 0.3) is 5.69 Å². The second-order valence-electron chi connectivity index (χ2n) is 2.62. The Bertz CT molecular complexity index is 431. The summed E-state index contributed by atoms with van der Waals surface area (Å²) in [5.41, 5.74) is 0.256. The molecular formula is C9H7BrN2O3. The maximum atomic E-state index is 10.9. The van der Waals surface area contributed by atoms with Crippen LogP contribution < -0.4 is 5.32 Å². The van der Waals surface area contributed by atoms with E-state index in [1.807, 2.05) is 0 Å². The summed E-state index contributed by atoms with van der Waals surface area (Å²) < 4.78 is 0.365. The molecule has 0 heterocycles. The van der Waals surface area contributed by atoms with Gasteiger partial charge in [0.2, 0.25) is 5.91 Å². The van der Waals surface area contributed by atoms with Crippen molar-refractivity contribution in [1.29, 1.82) is 0 Å². The summed E-state index contributed by atoms with van der Waals surface area (Å²) in [6, 6.07) is 4.32. The van der Waals surface area contributed by atoms with Gasteiger partial charge in [-0.15, -0.1) is 0 Å². The molecule has 0 fully saturated rings. The largest absolute Gasteiger partial charge is 0.322 e. The number of carbonyl (C=O) groups is 1. The van der Waals surface area contributed by atoms with E-state index in [1.54, 1.807) is 6.07 Å². The highest BCUT2D eigenvalue weighted by Gasteiger charge is 2.12. The molecule has 0 aliphatic carbocycles. The second-order valence-corrected chi connectivity index (χ2v) is 3.47. The van der Waals surface area contributed by atoms with Crippen molar-refractivity contribution < 1.29 is 9.72 Å². The van der Waals surface area contributed by atoms with Crippen LogP contribution in [0.1, 0.15) is 0 Å². The van der Waals surface area contributed by atoms with E-state index >= 15 is 0 Å². The first-order valence-corrected chi connectivity index (χ1v) is 4.71. The van der Waals surface area contributed by atoms with Gasteiger partial charge in [-0.05, 0) is 34.1 Å². The molecule has 0 radical (unpaired) electrons. The summed E-state index contributed by atoms with van der Waals surface area (Å²) in [6.45, 7) is 3.28. The molecule has 1 rings (SSSR count). The molecule has 5 nitrogen and oxygen atoms in total. The van der Waals surface area contributed by atoms with Gasteiger partial charge in [0, 0.05) is 11.8 Å². The summed E-state index contributed by atoms with van der Waals surface area (Å²) in [5.74, 6) is -0.411. The van der Waals surface area contributed by atoms with Crippen molar-refractivity contribution in [3.63, 3.8) is 0 Å². The molecule has 1 N–H and O–H groups in total. The average Bonchev–Trinajstić information content (AvgIpc) is 2.20. The average molecular weight is 271 g/mol. The monoisotopic (exact) mass is 270 g/mol. The molecule has 78 valence electrons. The Balaban J connectivity index is 3.02. The number of nitrogens with zero attached hydrogens (tertiary/aromatic N) is 1. The van der Waals surface area contributed by atoms with Crippen LogP contribution in [0, 0.1) is 10.1 Å². The first-order valence-electron chi connectivity index (χ1n) is 3.92. The van der Waals surface area contributed by atoms with Crippen molar-refractivity contribution in [2.45, 2.75) is 0 Å². The van der Waals surface area contributed by atoms with Gasteiger partial charge in [0.1, 0.15) is 0 Å². The fraction of sp³-hybridized carbons (Fsp3) is 0. The number of carbonyl (C=O) groups excluding carboxylic acids is 1. The smallest absolute Gasteiger partial charge is 0.285 e. The minimum absolute atomic E-state index is 0.100. The third kappa shape index (κ3) is 2.88. The van der Waals surface area contributed by atoms with E-state index in [9.17, 15) is 14.9 Å². The maximum Gasteiger partial charge on any atom is 0.285 e. The van der Waals surface area contributed by atoms with Crippen LogP contribution in [0.5, 0.6) is 0 Å². The van der Waals surface area contributed by atoms with Gasteiger partial charge in [0.05, 0.1) is 9.40 Å². The van der Waals surface area contributed by atoms with Crippen LogP contribution in [0.15, 0.2) is 35.3 Å². The van der Waals surface area contributed by atoms with Crippen LogP contribution in [0.3, 0.4) is 0 Å². The summed E-state index contributed by atoms with van der Waals surface area (Å²) in [5, 5.41) is 13.0. The Hall–Kier alpha value is -1.69. The Labute approximate surface area is 94.1 Å². The topological polar surface area (TPSA) is 72.2 Å². The highest BCUT2D eigenvalue weighted by Crippen LogP contribution is 2.27. The van der Waals surface area contributed by atoms with Crippen molar-refractivity contribution in [3.8, 4) is 0 Å². The van der Waals surface area contributed by atoms with Crippen molar-refractivity contribution in [2.24, 2.45) is 0 Å². The fourth-order valence-electron chi connectivity index (χ4n) is 0.924. The third-order valence-electron chi connectivity index (χ3n) is 1.60. The van der Waals surface area contributed by atoms with Crippen LogP contribution in [-0.4, -0.2) is 10.8 Å². The number of nitro benzene ring substituents is 1. The lowest BCUT2D eigenvalue weighted by molar-refractivity contribution is -0.385. The molecule has 15 heavy (non-hydrogen) atoms. The Morgan fingerprint density at radius 2 is 2.27 bits per heavy atom. The van der Waals surface area contributed by atoms with Crippen molar-refractivity contribution in [3.05, 3.63) is 45.4 Å². The zero-order chi connectivity index (χ0) is 11.4. The molecular weight excluding hydrogens is 264 g/mol. The minimum Gasteiger partial charge on any atom is -0.322 e. The van der Waals surface area contributed by atoms with E-state index in [-0.39, 0.29) is 5.69 Å². The number of rotatable bonds is 3. The van der Waals surface area contributed by atoms with Gasteiger partial charge in [-0.2, -0.15) is 0 Å². The molecule has 0 spiro atoms. The predicted octanol–water partition coefficient (Wildman–Crippen LogP) is 2.48. The van der Waals surface area contributed by atoms with E-state index in [4.69, 9.17) is 0 Å². The maximum absolute atomic E-state index is 10.9. The minimum atomic E-state index is -0.534. The molecule has 0 aliphatic rings. The lowest BCUT2D eigenvalue weighted by Crippen LogP contribution is -2.07. The van der Waals surface area contributed by atoms with Crippen molar-refractivity contribution >= 4 is 33.2 Å². The van der Waals surface area contributed by atoms with Crippen molar-refractivity contribution in [2.75, 3.05) is 5.32 Å². The summed E-state index contributed by atoms with van der Waals surface area (Å²) in [7, 11) is 0. The van der Waals surface area contributed by atoms with Gasteiger partial charge >= 0.3 is 0 Å². The van der Waals surface area contributed by atoms with Crippen molar-refractivity contribution in [1.82, 2.24) is 0 Å². The second kappa shape index (κ2) is 4.70. The van der Waals surface area contributed by atoms with Gasteiger partial charge in [-0.3, -0.25) is 14.9 Å². The first kappa shape index (κ1) is 11.4. The molecule has 1 aromatic rings. The number of amides is 1. The Kier molecular flexibility index (Phi) is 3.56. The van der Waals surface area contributed by atoms with Crippen LogP contribution in [0.4, 0.5) is 11.4 Å². The van der Waals surface area contributed by atoms with E-state index < -0.39 is 10.8 Å². The third-order valence-corrected chi connectivity index (χ3v) is 2.27. The molecule has 0 aromatic heterocycles. The number of hydrogen-bond acceptors (Lipinski definition) is 3. The number of nitro groups is 1. The summed E-state index contributed by atoms with van der Waals surface area (Å²) >= 11 is 3.04. The molecule has 0 atom stereocenters. The predicted molar refractivity (Wildman–Crippen MR) is 59.6 cm³/mol. The Morgan fingerprint density at radius 3 is 2.80 bits per heavy atom. The van der Waals surface area contributed by atoms with E-state index in [0.29, 0.717) is 10.2 Å². The van der Waals surface area contributed by atoms with Gasteiger partial charge in [0.15, 0.2) is 0 Å². The first-order chi connectivity index (χ1) is 7.04. The zero-order valence-corrected chi connectivity index (χ0v) is 9.15. The van der Waals surface area contributed by atoms with E-state index in [1.165, 1.54) is 12.1 Å². The molecule has 6 heteroatoms. The molecule has 1 amide bonds. The number of hydrogen-bond donors (Lipinski definition) is 1. The highest BCUT2D eigenvalue weighted by molar-refractivity contribution is 9.10. The number of halogens is 1. The van der Waals surface area contributed by atoms with Crippen LogP contribution in [-0.2, 0) is 4.79 Å². The van der Waals surface area contributed by atoms with Gasteiger partial charge in [-0.25, -0.2) is 0 Å². The number of nitrogens with one attached hydrogen (secondary N) is 1. The Morgan fingerprint density at radius 1 is 1.60 bits per heavy atom. The quantitative estimate of drug-likeness (QED) is 0.521. The molecule has 0 saturated carbocycles. The number of benzene rings is 1. The molecule has 0 bridgehead atoms. The van der Waals surface area contributed by atoms with Crippen LogP contribution in [0.2, 0.25) is 0 Å². The zero-order valence-electron chi connectivity index (χ0n) is 7.57. The lowest BCUT2D eigenvalue weighted by Gasteiger charge is -2.02. The highest BCUT2D eigenvalue weighted by atomic mass is 79.9. The molecule has 0 unspecified atom stereocenters. The van der Waals surface area contributed by atoms with Crippen LogP contribution >= 0.6 is 15.9 Å². The van der Waals surface area contributed by atoms with E-state index in [0.717, 1.165) is 6.08 Å². The van der Waals surface area contributed by atoms with Gasteiger partial charge in [-0.1, -0.05) is 6.58 Å². The fourth-order valence-corrected chi connectivity index (χ4v) is 1.32.